The first kappa shape index (κ1) is 16.1. The Morgan fingerprint density at radius 1 is 1.14 bits per heavy atom. The average molecular weight is 301 g/mol. The maximum absolute atomic E-state index is 13.3. The molecule has 1 aromatic carbocycles. The molecule has 0 saturated carbocycles. The van der Waals surface area contributed by atoms with Crippen LogP contribution in [0.1, 0.15) is 18.1 Å². The number of anilines is 1. The van der Waals surface area contributed by atoms with Crippen molar-refractivity contribution in [2.75, 3.05) is 44.7 Å². The molecule has 1 N–H and O–H groups in total. The van der Waals surface area contributed by atoms with Gasteiger partial charge < -0.3 is 15.1 Å². The Kier molecular flexibility index (Phi) is 5.11. The molecular weight excluding hydrogens is 279 g/mol. The van der Waals surface area contributed by atoms with Gasteiger partial charge in [0, 0.05) is 38.4 Å². The van der Waals surface area contributed by atoms with E-state index in [0.29, 0.717) is 30.9 Å². The van der Waals surface area contributed by atoms with E-state index in [9.17, 15) is 13.2 Å². The Morgan fingerprint density at radius 2 is 1.81 bits per heavy atom. The number of piperazine rings is 1. The summed E-state index contributed by atoms with van der Waals surface area (Å²) < 4.78 is 40.0. The number of halogens is 3. The Labute approximate surface area is 123 Å². The Hall–Kier alpha value is -1.27. The van der Waals surface area contributed by atoms with E-state index in [-0.39, 0.29) is 0 Å². The minimum Gasteiger partial charge on any atom is -0.368 e. The van der Waals surface area contributed by atoms with Gasteiger partial charge in [0.1, 0.15) is 0 Å². The summed E-state index contributed by atoms with van der Waals surface area (Å²) in [6, 6.07) is 4.67. The molecule has 0 bridgehead atoms. The summed E-state index contributed by atoms with van der Waals surface area (Å²) in [6.45, 7) is 5.97. The average Bonchev–Trinajstić information content (AvgIpc) is 2.45. The van der Waals surface area contributed by atoms with Crippen molar-refractivity contribution in [1.29, 1.82) is 0 Å². The molecule has 0 amide bonds. The third-order valence-electron chi connectivity index (χ3n) is 3.79. The molecule has 1 saturated heterocycles. The van der Waals surface area contributed by atoms with Crippen LogP contribution in [0.2, 0.25) is 0 Å². The topological polar surface area (TPSA) is 18.5 Å². The summed E-state index contributed by atoms with van der Waals surface area (Å²) in [7, 11) is 1.99. The highest BCUT2D eigenvalue weighted by atomic mass is 19.4. The molecule has 118 valence electrons. The van der Waals surface area contributed by atoms with E-state index in [2.05, 4.69) is 10.2 Å². The molecule has 0 aliphatic carbocycles. The molecule has 1 fully saturated rings. The highest BCUT2D eigenvalue weighted by molar-refractivity contribution is 5.57. The van der Waals surface area contributed by atoms with Gasteiger partial charge in [0.2, 0.25) is 0 Å². The summed E-state index contributed by atoms with van der Waals surface area (Å²) in [5.41, 5.74) is 0.445. The number of nitrogens with zero attached hydrogens (tertiary/aromatic N) is 2. The largest absolute Gasteiger partial charge is 0.418 e. The van der Waals surface area contributed by atoms with Gasteiger partial charge in [0.25, 0.3) is 0 Å². The monoisotopic (exact) mass is 301 g/mol. The third-order valence-corrected chi connectivity index (χ3v) is 3.79. The van der Waals surface area contributed by atoms with Crippen molar-refractivity contribution in [1.82, 2.24) is 10.2 Å². The van der Waals surface area contributed by atoms with E-state index in [1.54, 1.807) is 12.1 Å². The highest BCUT2D eigenvalue weighted by Crippen LogP contribution is 2.37. The van der Waals surface area contributed by atoms with Gasteiger partial charge in [-0.05, 0) is 31.3 Å². The van der Waals surface area contributed by atoms with Crippen molar-refractivity contribution >= 4 is 5.69 Å². The minimum absolute atomic E-state index is 0.302. The van der Waals surface area contributed by atoms with Gasteiger partial charge in [-0.3, -0.25) is 0 Å². The van der Waals surface area contributed by atoms with E-state index in [1.807, 2.05) is 18.9 Å². The standard InChI is InChI=1S/C15H22F3N3/c1-3-19-11-12-4-5-14(13(10-12)15(16,17)18)21-8-6-20(2)7-9-21/h4-5,10,19H,3,6-9,11H2,1-2H3. The van der Waals surface area contributed by atoms with Crippen molar-refractivity contribution in [3.05, 3.63) is 29.3 Å². The van der Waals surface area contributed by atoms with Crippen LogP contribution in [0.25, 0.3) is 0 Å². The zero-order valence-electron chi connectivity index (χ0n) is 12.5. The number of benzene rings is 1. The lowest BCUT2D eigenvalue weighted by Crippen LogP contribution is -2.45. The first-order valence-corrected chi connectivity index (χ1v) is 7.26. The van der Waals surface area contributed by atoms with Crippen LogP contribution in [0.15, 0.2) is 18.2 Å². The molecule has 1 aromatic rings. The second-order valence-electron chi connectivity index (χ2n) is 5.42. The third kappa shape index (κ3) is 4.11. The first-order chi connectivity index (χ1) is 9.91. The van der Waals surface area contributed by atoms with Gasteiger partial charge in [-0.2, -0.15) is 13.2 Å². The van der Waals surface area contributed by atoms with Crippen molar-refractivity contribution < 1.29 is 13.2 Å². The van der Waals surface area contributed by atoms with E-state index in [1.165, 1.54) is 6.07 Å². The zero-order chi connectivity index (χ0) is 15.5. The van der Waals surface area contributed by atoms with Gasteiger partial charge >= 0.3 is 6.18 Å². The summed E-state index contributed by atoms with van der Waals surface area (Å²) in [5, 5.41) is 3.06. The number of rotatable bonds is 4. The smallest absolute Gasteiger partial charge is 0.368 e. The maximum Gasteiger partial charge on any atom is 0.418 e. The molecule has 0 aromatic heterocycles. The second-order valence-corrected chi connectivity index (χ2v) is 5.42. The number of alkyl halides is 3. The van der Waals surface area contributed by atoms with Crippen LogP contribution in [0.4, 0.5) is 18.9 Å². The number of hydrogen-bond acceptors (Lipinski definition) is 3. The Balaban J connectivity index is 2.27. The quantitative estimate of drug-likeness (QED) is 0.922. The normalized spacial score (nSPS) is 17.3. The molecule has 1 heterocycles. The summed E-state index contributed by atoms with van der Waals surface area (Å²) >= 11 is 0. The van der Waals surface area contributed by atoms with Crippen LogP contribution < -0.4 is 10.2 Å². The maximum atomic E-state index is 13.3. The fourth-order valence-corrected chi connectivity index (χ4v) is 2.51. The minimum atomic E-state index is -4.32. The predicted octanol–water partition coefficient (Wildman–Crippen LogP) is 2.57. The van der Waals surface area contributed by atoms with E-state index >= 15 is 0 Å². The van der Waals surface area contributed by atoms with Crippen LogP contribution in [0.3, 0.4) is 0 Å². The van der Waals surface area contributed by atoms with Gasteiger partial charge in [-0.1, -0.05) is 13.0 Å². The van der Waals surface area contributed by atoms with E-state index in [4.69, 9.17) is 0 Å². The molecule has 21 heavy (non-hydrogen) atoms. The molecule has 0 unspecified atom stereocenters. The lowest BCUT2D eigenvalue weighted by Gasteiger charge is -2.35. The molecule has 2 rings (SSSR count). The van der Waals surface area contributed by atoms with Crippen molar-refractivity contribution in [2.45, 2.75) is 19.6 Å². The summed E-state index contributed by atoms with van der Waals surface area (Å²) in [4.78, 5) is 3.96. The first-order valence-electron chi connectivity index (χ1n) is 7.26. The van der Waals surface area contributed by atoms with Crippen molar-refractivity contribution in [3.8, 4) is 0 Å². The van der Waals surface area contributed by atoms with Crippen LogP contribution in [0, 0.1) is 0 Å². The Bertz CT molecular complexity index is 466. The molecule has 1 aliphatic rings. The van der Waals surface area contributed by atoms with Gasteiger partial charge in [-0.15, -0.1) is 0 Å². The fourth-order valence-electron chi connectivity index (χ4n) is 2.51. The number of hydrogen-bond donors (Lipinski definition) is 1. The zero-order valence-corrected chi connectivity index (χ0v) is 12.5. The van der Waals surface area contributed by atoms with Gasteiger partial charge in [0.05, 0.1) is 5.56 Å². The lowest BCUT2D eigenvalue weighted by molar-refractivity contribution is -0.137. The van der Waals surface area contributed by atoms with E-state index < -0.39 is 11.7 Å². The van der Waals surface area contributed by atoms with Crippen LogP contribution >= 0.6 is 0 Å². The fraction of sp³-hybridized carbons (Fsp3) is 0.600. The molecule has 0 atom stereocenters. The number of likely N-dealkylation sites (N-methyl/N-ethyl adjacent to an activating group) is 1. The molecule has 3 nitrogen and oxygen atoms in total. The summed E-state index contributed by atoms with van der Waals surface area (Å²) in [5.74, 6) is 0. The van der Waals surface area contributed by atoms with Gasteiger partial charge in [0.15, 0.2) is 0 Å². The summed E-state index contributed by atoms with van der Waals surface area (Å²) in [6.07, 6.45) is -4.32. The second kappa shape index (κ2) is 6.66. The van der Waals surface area contributed by atoms with Crippen LogP contribution in [-0.2, 0) is 12.7 Å². The SMILES string of the molecule is CCNCc1ccc(N2CCN(C)CC2)c(C(F)(F)F)c1. The molecule has 1 aliphatic heterocycles. The van der Waals surface area contributed by atoms with Gasteiger partial charge in [-0.25, -0.2) is 0 Å². The van der Waals surface area contributed by atoms with Crippen LogP contribution in [0.5, 0.6) is 0 Å². The van der Waals surface area contributed by atoms with Crippen LogP contribution in [-0.4, -0.2) is 44.7 Å². The molecule has 6 heteroatoms. The lowest BCUT2D eigenvalue weighted by atomic mass is 10.1. The van der Waals surface area contributed by atoms with Crippen molar-refractivity contribution in [2.24, 2.45) is 0 Å². The molecule has 0 spiro atoms. The molecule has 0 radical (unpaired) electrons. The predicted molar refractivity (Wildman–Crippen MR) is 78.5 cm³/mol. The number of nitrogens with one attached hydrogen (secondary N) is 1. The van der Waals surface area contributed by atoms with Crippen molar-refractivity contribution in [3.63, 3.8) is 0 Å². The Morgan fingerprint density at radius 3 is 2.38 bits per heavy atom. The molecular formula is C15H22F3N3. The van der Waals surface area contributed by atoms with E-state index in [0.717, 1.165) is 19.6 Å². The highest BCUT2D eigenvalue weighted by Gasteiger charge is 2.35.